The van der Waals surface area contributed by atoms with Crippen molar-refractivity contribution < 1.29 is 9.13 Å². The fourth-order valence-electron chi connectivity index (χ4n) is 0.888. The minimum absolute atomic E-state index is 0.333. The summed E-state index contributed by atoms with van der Waals surface area (Å²) in [6.45, 7) is 3.66. The van der Waals surface area contributed by atoms with Crippen LogP contribution in [-0.2, 0) is 4.74 Å². The first-order chi connectivity index (χ1) is 5.65. The topological polar surface area (TPSA) is 9.23 Å². The molecule has 0 saturated carbocycles. The van der Waals surface area contributed by atoms with Crippen molar-refractivity contribution in [3.8, 4) is 0 Å². The molecule has 65 valence electrons. The van der Waals surface area contributed by atoms with E-state index < -0.39 is 6.10 Å². The van der Waals surface area contributed by atoms with Gasteiger partial charge in [0, 0.05) is 17.7 Å². The number of benzene rings is 1. The molecule has 1 aromatic carbocycles. The van der Waals surface area contributed by atoms with Gasteiger partial charge in [-0.1, -0.05) is 11.6 Å². The van der Waals surface area contributed by atoms with Gasteiger partial charge in [-0.2, -0.15) is 0 Å². The largest absolute Gasteiger partial charge is 0.377 e. The molecule has 1 radical (unpaired) electrons. The number of rotatable bonds is 2. The summed E-state index contributed by atoms with van der Waals surface area (Å²) in [6, 6.07) is 4.11. The first-order valence-corrected chi connectivity index (χ1v) is 3.83. The second-order valence-corrected chi connectivity index (χ2v) is 2.80. The summed E-state index contributed by atoms with van der Waals surface area (Å²) in [5, 5.41) is 0.471. The normalized spacial score (nSPS) is 13.0. The van der Waals surface area contributed by atoms with E-state index in [9.17, 15) is 4.39 Å². The molecule has 0 amide bonds. The average molecular weight is 188 g/mol. The van der Waals surface area contributed by atoms with Crippen LogP contribution in [0.4, 0.5) is 4.39 Å². The molecule has 0 aliphatic carbocycles. The molecule has 12 heavy (non-hydrogen) atoms. The summed E-state index contributed by atoms with van der Waals surface area (Å²) < 4.78 is 17.6. The third kappa shape index (κ3) is 1.96. The summed E-state index contributed by atoms with van der Waals surface area (Å²) in [4.78, 5) is 0. The lowest BCUT2D eigenvalue weighted by Crippen LogP contribution is -1.97. The van der Waals surface area contributed by atoms with Gasteiger partial charge in [-0.25, -0.2) is 4.39 Å². The number of halogens is 2. The van der Waals surface area contributed by atoms with Crippen LogP contribution < -0.4 is 0 Å². The minimum atomic E-state index is -0.423. The first-order valence-electron chi connectivity index (χ1n) is 3.46. The Morgan fingerprint density at radius 3 is 2.83 bits per heavy atom. The molecule has 0 bridgehead atoms. The van der Waals surface area contributed by atoms with E-state index in [1.807, 2.05) is 0 Å². The predicted octanol–water partition coefficient (Wildman–Crippen LogP) is 3.00. The van der Waals surface area contributed by atoms with Gasteiger partial charge in [0.2, 0.25) is 0 Å². The quantitative estimate of drug-likeness (QED) is 0.692. The Balaban J connectivity index is 3.04. The maximum atomic E-state index is 12.7. The van der Waals surface area contributed by atoms with Gasteiger partial charge in [0.15, 0.2) is 0 Å². The van der Waals surface area contributed by atoms with Crippen molar-refractivity contribution in [3.05, 3.63) is 41.5 Å². The van der Waals surface area contributed by atoms with Crippen LogP contribution in [0, 0.1) is 12.7 Å². The monoisotopic (exact) mass is 187 g/mol. The van der Waals surface area contributed by atoms with Crippen LogP contribution in [0.3, 0.4) is 0 Å². The van der Waals surface area contributed by atoms with Crippen LogP contribution >= 0.6 is 11.6 Å². The Bertz CT molecular complexity index is 275. The van der Waals surface area contributed by atoms with E-state index in [0.717, 1.165) is 0 Å². The third-order valence-corrected chi connectivity index (χ3v) is 1.93. The van der Waals surface area contributed by atoms with Crippen molar-refractivity contribution in [1.29, 1.82) is 0 Å². The molecular formula is C9H9ClFO. The number of ether oxygens (including phenoxy) is 1. The molecule has 3 heteroatoms. The second-order valence-electron chi connectivity index (χ2n) is 2.39. The van der Waals surface area contributed by atoms with E-state index in [2.05, 4.69) is 6.92 Å². The Morgan fingerprint density at radius 1 is 1.58 bits per heavy atom. The van der Waals surface area contributed by atoms with Crippen LogP contribution in [0.5, 0.6) is 0 Å². The Hall–Kier alpha value is -0.600. The van der Waals surface area contributed by atoms with E-state index in [1.54, 1.807) is 0 Å². The molecule has 1 atom stereocenters. The molecule has 1 unspecified atom stereocenters. The molecule has 0 aliphatic heterocycles. The van der Waals surface area contributed by atoms with Crippen molar-refractivity contribution >= 4 is 11.6 Å². The van der Waals surface area contributed by atoms with Gasteiger partial charge >= 0.3 is 0 Å². The highest BCUT2D eigenvalue weighted by Gasteiger charge is 2.09. The van der Waals surface area contributed by atoms with E-state index in [0.29, 0.717) is 10.6 Å². The molecular weight excluding hydrogens is 179 g/mol. The van der Waals surface area contributed by atoms with Crippen LogP contribution in [0.15, 0.2) is 18.2 Å². The molecule has 1 rings (SSSR count). The number of hydrogen-bond donors (Lipinski definition) is 0. The Labute approximate surface area is 76.1 Å². The van der Waals surface area contributed by atoms with Crippen molar-refractivity contribution in [2.24, 2.45) is 0 Å². The average Bonchev–Trinajstić information content (AvgIpc) is 2.08. The van der Waals surface area contributed by atoms with E-state index in [-0.39, 0.29) is 5.82 Å². The lowest BCUT2D eigenvalue weighted by Gasteiger charge is -2.10. The SMILES string of the molecule is [CH2]C(OC)c1cc(F)ccc1Cl. The van der Waals surface area contributed by atoms with Crippen LogP contribution in [-0.4, -0.2) is 7.11 Å². The number of methoxy groups -OCH3 is 1. The van der Waals surface area contributed by atoms with Gasteiger partial charge in [-0.05, 0) is 25.1 Å². The van der Waals surface area contributed by atoms with Crippen molar-refractivity contribution in [1.82, 2.24) is 0 Å². The molecule has 0 aliphatic rings. The van der Waals surface area contributed by atoms with E-state index >= 15 is 0 Å². The summed E-state index contributed by atoms with van der Waals surface area (Å²) in [6.07, 6.45) is -0.423. The zero-order chi connectivity index (χ0) is 9.14. The highest BCUT2D eigenvalue weighted by Crippen LogP contribution is 2.24. The van der Waals surface area contributed by atoms with Gasteiger partial charge in [-0.3, -0.25) is 0 Å². The van der Waals surface area contributed by atoms with Crippen molar-refractivity contribution in [2.75, 3.05) is 7.11 Å². The lowest BCUT2D eigenvalue weighted by molar-refractivity contribution is 0.140. The Kier molecular flexibility index (Phi) is 3.06. The van der Waals surface area contributed by atoms with Gasteiger partial charge in [0.1, 0.15) is 5.82 Å². The maximum absolute atomic E-state index is 12.7. The van der Waals surface area contributed by atoms with Crippen LogP contribution in [0.2, 0.25) is 5.02 Å². The van der Waals surface area contributed by atoms with Crippen LogP contribution in [0.1, 0.15) is 11.7 Å². The third-order valence-electron chi connectivity index (χ3n) is 1.59. The predicted molar refractivity (Wildman–Crippen MR) is 46.5 cm³/mol. The zero-order valence-electron chi connectivity index (χ0n) is 6.68. The molecule has 1 nitrogen and oxygen atoms in total. The zero-order valence-corrected chi connectivity index (χ0v) is 7.44. The van der Waals surface area contributed by atoms with Crippen molar-refractivity contribution in [3.63, 3.8) is 0 Å². The molecule has 1 aromatic rings. The summed E-state index contributed by atoms with van der Waals surface area (Å²) in [5.41, 5.74) is 0.569. The van der Waals surface area contributed by atoms with Crippen molar-refractivity contribution in [2.45, 2.75) is 6.10 Å². The Morgan fingerprint density at radius 2 is 2.25 bits per heavy atom. The molecule has 0 N–H and O–H groups in total. The molecule has 0 aromatic heterocycles. The summed E-state index contributed by atoms with van der Waals surface area (Å²) in [7, 11) is 1.50. The maximum Gasteiger partial charge on any atom is 0.123 e. The molecule has 0 fully saturated rings. The van der Waals surface area contributed by atoms with Gasteiger partial charge in [0.05, 0.1) is 6.10 Å². The summed E-state index contributed by atoms with van der Waals surface area (Å²) in [5.74, 6) is -0.333. The highest BCUT2D eigenvalue weighted by molar-refractivity contribution is 6.31. The summed E-state index contributed by atoms with van der Waals surface area (Å²) >= 11 is 5.78. The molecule has 0 spiro atoms. The van der Waals surface area contributed by atoms with Gasteiger partial charge in [-0.15, -0.1) is 0 Å². The number of hydrogen-bond acceptors (Lipinski definition) is 1. The van der Waals surface area contributed by atoms with Gasteiger partial charge in [0.25, 0.3) is 0 Å². The smallest absolute Gasteiger partial charge is 0.123 e. The lowest BCUT2D eigenvalue weighted by atomic mass is 10.1. The van der Waals surface area contributed by atoms with Crippen LogP contribution in [0.25, 0.3) is 0 Å². The minimum Gasteiger partial charge on any atom is -0.377 e. The van der Waals surface area contributed by atoms with E-state index in [1.165, 1.54) is 25.3 Å². The van der Waals surface area contributed by atoms with Gasteiger partial charge < -0.3 is 4.74 Å². The highest BCUT2D eigenvalue weighted by atomic mass is 35.5. The standard InChI is InChI=1S/C9H9ClFO/c1-6(12-2)8-5-7(11)3-4-9(8)10/h3-6H,1H2,2H3. The molecule has 0 saturated heterocycles. The second kappa shape index (κ2) is 3.87. The fourth-order valence-corrected chi connectivity index (χ4v) is 1.13. The first kappa shape index (κ1) is 9.49. The molecule has 0 heterocycles. The van der Waals surface area contributed by atoms with E-state index in [4.69, 9.17) is 16.3 Å². The fraction of sp³-hybridized carbons (Fsp3) is 0.222.